The van der Waals surface area contributed by atoms with E-state index in [0.29, 0.717) is 17.9 Å². The normalized spacial score (nSPS) is 12.0. The van der Waals surface area contributed by atoms with Gasteiger partial charge >= 0.3 is 0 Å². The van der Waals surface area contributed by atoms with Gasteiger partial charge in [0.2, 0.25) is 5.91 Å². The van der Waals surface area contributed by atoms with Gasteiger partial charge in [-0.25, -0.2) is 0 Å². The van der Waals surface area contributed by atoms with E-state index in [9.17, 15) is 10.1 Å². The molecule has 0 radical (unpaired) electrons. The number of carbonyl (C=O) groups excluding carboxylic acids is 1. The summed E-state index contributed by atoms with van der Waals surface area (Å²) in [6.07, 6.45) is 1.78. The molecule has 0 aliphatic carbocycles. The Bertz CT molecular complexity index is 756. The summed E-state index contributed by atoms with van der Waals surface area (Å²) in [5, 5.41) is 13.3. The molecule has 1 aromatic carbocycles. The SMILES string of the molecule is CCCC(C)C(=O)Nc1c(C#N)c2ccc(OC)cc2n1CC. The van der Waals surface area contributed by atoms with Gasteiger partial charge in [-0.15, -0.1) is 0 Å². The van der Waals surface area contributed by atoms with Crippen molar-refractivity contribution in [1.82, 2.24) is 4.57 Å². The van der Waals surface area contributed by atoms with Gasteiger partial charge in [0.1, 0.15) is 23.2 Å². The molecule has 1 unspecified atom stereocenters. The standard InChI is InChI=1S/C18H23N3O2/c1-5-7-12(3)18(22)20-17-15(11-19)14-9-8-13(23-4)10-16(14)21(17)6-2/h8-10,12H,5-7H2,1-4H3,(H,20,22). The molecule has 0 saturated carbocycles. The van der Waals surface area contributed by atoms with Crippen molar-refractivity contribution >= 4 is 22.6 Å². The van der Waals surface area contributed by atoms with Crippen LogP contribution in [0.4, 0.5) is 5.82 Å². The largest absolute Gasteiger partial charge is 0.497 e. The number of anilines is 1. The molecule has 122 valence electrons. The number of nitrogens with zero attached hydrogens (tertiary/aromatic N) is 2. The van der Waals surface area contributed by atoms with E-state index in [1.165, 1.54) is 0 Å². The summed E-state index contributed by atoms with van der Waals surface area (Å²) in [4.78, 5) is 12.4. The predicted molar refractivity (Wildman–Crippen MR) is 91.6 cm³/mol. The van der Waals surface area contributed by atoms with Crippen molar-refractivity contribution in [2.45, 2.75) is 40.2 Å². The molecule has 0 spiro atoms. The van der Waals surface area contributed by atoms with Gasteiger partial charge in [-0.1, -0.05) is 20.3 Å². The molecule has 0 aliphatic rings. The molecule has 23 heavy (non-hydrogen) atoms. The zero-order valence-corrected chi connectivity index (χ0v) is 14.1. The summed E-state index contributed by atoms with van der Waals surface area (Å²) >= 11 is 0. The Labute approximate surface area is 136 Å². The molecule has 0 fully saturated rings. The number of nitrogens with one attached hydrogen (secondary N) is 1. The van der Waals surface area contributed by atoms with Gasteiger partial charge in [0.05, 0.1) is 12.6 Å². The summed E-state index contributed by atoms with van der Waals surface area (Å²) in [7, 11) is 1.61. The molecule has 1 N–H and O–H groups in total. The molecule has 0 bridgehead atoms. The number of rotatable bonds is 6. The van der Waals surface area contributed by atoms with Crippen molar-refractivity contribution in [3.8, 4) is 11.8 Å². The maximum Gasteiger partial charge on any atom is 0.228 e. The third kappa shape index (κ3) is 3.16. The van der Waals surface area contributed by atoms with E-state index in [4.69, 9.17) is 4.74 Å². The van der Waals surface area contributed by atoms with Crippen LogP contribution in [0.3, 0.4) is 0 Å². The highest BCUT2D eigenvalue weighted by atomic mass is 16.5. The average Bonchev–Trinajstić information content (AvgIpc) is 2.86. The smallest absolute Gasteiger partial charge is 0.228 e. The summed E-state index contributed by atoms with van der Waals surface area (Å²) in [5.74, 6) is 1.18. The first-order valence-corrected chi connectivity index (χ1v) is 7.98. The van der Waals surface area contributed by atoms with Crippen LogP contribution >= 0.6 is 0 Å². The Balaban J connectivity index is 2.54. The van der Waals surface area contributed by atoms with Crippen molar-refractivity contribution in [3.05, 3.63) is 23.8 Å². The maximum atomic E-state index is 12.4. The molecule has 5 nitrogen and oxygen atoms in total. The first-order chi connectivity index (χ1) is 11.1. The number of carbonyl (C=O) groups is 1. The second-order valence-electron chi connectivity index (χ2n) is 5.64. The number of aryl methyl sites for hydroxylation is 1. The molecule has 0 saturated heterocycles. The van der Waals surface area contributed by atoms with E-state index in [1.54, 1.807) is 7.11 Å². The van der Waals surface area contributed by atoms with Crippen LogP contribution in [0.15, 0.2) is 18.2 Å². The van der Waals surface area contributed by atoms with Crippen LogP contribution in [-0.2, 0) is 11.3 Å². The van der Waals surface area contributed by atoms with Crippen LogP contribution in [0, 0.1) is 17.2 Å². The summed E-state index contributed by atoms with van der Waals surface area (Å²) in [6.45, 7) is 6.61. The molecule has 0 aliphatic heterocycles. The van der Waals surface area contributed by atoms with E-state index in [-0.39, 0.29) is 11.8 Å². The average molecular weight is 313 g/mol. The van der Waals surface area contributed by atoms with Crippen LogP contribution in [0.2, 0.25) is 0 Å². The third-order valence-electron chi connectivity index (χ3n) is 4.11. The molecule has 1 aromatic heterocycles. The fraction of sp³-hybridized carbons (Fsp3) is 0.444. The number of hydrogen-bond acceptors (Lipinski definition) is 3. The van der Waals surface area contributed by atoms with E-state index in [0.717, 1.165) is 29.5 Å². The number of hydrogen-bond donors (Lipinski definition) is 1. The minimum absolute atomic E-state index is 0.0483. The van der Waals surface area contributed by atoms with E-state index >= 15 is 0 Å². The van der Waals surface area contributed by atoms with Gasteiger partial charge < -0.3 is 14.6 Å². The quantitative estimate of drug-likeness (QED) is 0.879. The molecule has 1 amide bonds. The van der Waals surface area contributed by atoms with Crippen molar-refractivity contribution in [2.75, 3.05) is 12.4 Å². The number of methoxy groups -OCH3 is 1. The van der Waals surface area contributed by atoms with Crippen LogP contribution in [0.5, 0.6) is 5.75 Å². The fourth-order valence-electron chi connectivity index (χ4n) is 2.83. The molecular weight excluding hydrogens is 290 g/mol. The van der Waals surface area contributed by atoms with Gasteiger partial charge in [0, 0.05) is 23.9 Å². The van der Waals surface area contributed by atoms with E-state index in [2.05, 4.69) is 18.3 Å². The minimum atomic E-state index is -0.0793. The Morgan fingerprint density at radius 2 is 2.17 bits per heavy atom. The number of amides is 1. The summed E-state index contributed by atoms with van der Waals surface area (Å²) in [5.41, 5.74) is 1.39. The molecule has 1 atom stereocenters. The lowest BCUT2D eigenvalue weighted by molar-refractivity contribution is -0.119. The molecule has 2 aromatic rings. The molecule has 1 heterocycles. The Morgan fingerprint density at radius 1 is 1.43 bits per heavy atom. The van der Waals surface area contributed by atoms with Gasteiger partial charge in [-0.05, 0) is 25.5 Å². The van der Waals surface area contributed by atoms with Crippen LogP contribution in [0.1, 0.15) is 39.2 Å². The number of nitriles is 1. The highest BCUT2D eigenvalue weighted by Crippen LogP contribution is 2.32. The number of ether oxygens (including phenoxy) is 1. The Morgan fingerprint density at radius 3 is 2.74 bits per heavy atom. The zero-order chi connectivity index (χ0) is 17.0. The van der Waals surface area contributed by atoms with E-state index in [1.807, 2.05) is 36.6 Å². The van der Waals surface area contributed by atoms with Crippen molar-refractivity contribution in [1.29, 1.82) is 5.26 Å². The highest BCUT2D eigenvalue weighted by Gasteiger charge is 2.21. The second-order valence-corrected chi connectivity index (χ2v) is 5.64. The van der Waals surface area contributed by atoms with Crippen molar-refractivity contribution in [3.63, 3.8) is 0 Å². The van der Waals surface area contributed by atoms with Crippen molar-refractivity contribution in [2.24, 2.45) is 5.92 Å². The Hall–Kier alpha value is -2.48. The first-order valence-electron chi connectivity index (χ1n) is 7.98. The lowest BCUT2D eigenvalue weighted by Crippen LogP contribution is -2.22. The molecule has 5 heteroatoms. The number of fused-ring (bicyclic) bond motifs is 1. The molecular formula is C18H23N3O2. The fourth-order valence-corrected chi connectivity index (χ4v) is 2.83. The zero-order valence-electron chi connectivity index (χ0n) is 14.1. The summed E-state index contributed by atoms with van der Waals surface area (Å²) < 4.78 is 7.22. The number of aromatic nitrogens is 1. The van der Waals surface area contributed by atoms with Crippen LogP contribution < -0.4 is 10.1 Å². The van der Waals surface area contributed by atoms with Gasteiger partial charge in [-0.2, -0.15) is 5.26 Å². The first kappa shape index (κ1) is 16.9. The third-order valence-corrected chi connectivity index (χ3v) is 4.11. The Kier molecular flexibility index (Phi) is 5.28. The van der Waals surface area contributed by atoms with Crippen LogP contribution in [0.25, 0.3) is 10.9 Å². The lowest BCUT2D eigenvalue weighted by Gasteiger charge is -2.13. The lowest BCUT2D eigenvalue weighted by atomic mass is 10.1. The predicted octanol–water partition coefficient (Wildman–Crippen LogP) is 3.92. The van der Waals surface area contributed by atoms with Gasteiger partial charge in [0.15, 0.2) is 0 Å². The topological polar surface area (TPSA) is 67.1 Å². The van der Waals surface area contributed by atoms with Crippen LogP contribution in [-0.4, -0.2) is 17.6 Å². The monoisotopic (exact) mass is 313 g/mol. The maximum absolute atomic E-state index is 12.4. The minimum Gasteiger partial charge on any atom is -0.497 e. The second kappa shape index (κ2) is 7.19. The van der Waals surface area contributed by atoms with Crippen molar-refractivity contribution < 1.29 is 9.53 Å². The number of benzene rings is 1. The van der Waals surface area contributed by atoms with E-state index < -0.39 is 0 Å². The summed E-state index contributed by atoms with van der Waals surface area (Å²) in [6, 6.07) is 7.82. The molecule has 2 rings (SSSR count). The van der Waals surface area contributed by atoms with Gasteiger partial charge in [0.25, 0.3) is 0 Å². The highest BCUT2D eigenvalue weighted by molar-refractivity contribution is 6.00. The van der Waals surface area contributed by atoms with Gasteiger partial charge in [-0.3, -0.25) is 4.79 Å².